The van der Waals surface area contributed by atoms with Crippen LogP contribution in [0, 0.1) is 0 Å². The molecule has 0 radical (unpaired) electrons. The van der Waals surface area contributed by atoms with Gasteiger partial charge < -0.3 is 16.4 Å². The number of unbranched alkanes of at least 4 members (excludes halogenated alkanes) is 4. The Hall–Kier alpha value is -1.03. The second-order valence-electron chi connectivity index (χ2n) is 6.50. The molecule has 2 fully saturated rings. The Morgan fingerprint density at radius 2 is 2.04 bits per heavy atom. The fraction of sp³-hybridized carbons (Fsp3) is 0.875. The van der Waals surface area contributed by atoms with Crippen molar-refractivity contribution in [2.24, 2.45) is 5.73 Å². The summed E-state index contributed by atoms with van der Waals surface area (Å²) >= 11 is 1.89. The SMILES string of the molecule is NCCCCCCOONC(=O)CCCC[C@@H]1SC[C@@H]2NC(=O)N[C@@H]21. The number of nitrogens with two attached hydrogens (primary N) is 1. The van der Waals surface area contributed by atoms with E-state index in [9.17, 15) is 9.59 Å². The number of amides is 3. The highest BCUT2D eigenvalue weighted by Gasteiger charge is 2.42. The van der Waals surface area contributed by atoms with Crippen LogP contribution in [0.1, 0.15) is 51.4 Å². The van der Waals surface area contributed by atoms with Gasteiger partial charge in [0.2, 0.25) is 5.91 Å². The summed E-state index contributed by atoms with van der Waals surface area (Å²) in [5.74, 6) is 0.794. The number of carbonyl (C=O) groups excluding carboxylic acids is 2. The first-order chi connectivity index (χ1) is 12.2. The zero-order valence-electron chi connectivity index (χ0n) is 14.6. The molecule has 25 heavy (non-hydrogen) atoms. The molecule has 9 heteroatoms. The van der Waals surface area contributed by atoms with Gasteiger partial charge in [-0.05, 0) is 32.2 Å². The van der Waals surface area contributed by atoms with E-state index in [2.05, 4.69) is 16.1 Å². The van der Waals surface area contributed by atoms with E-state index in [1.807, 2.05) is 11.8 Å². The van der Waals surface area contributed by atoms with Crippen LogP contribution in [0.4, 0.5) is 4.79 Å². The summed E-state index contributed by atoms with van der Waals surface area (Å²) in [5, 5.41) is 6.35. The monoisotopic (exact) mass is 374 g/mol. The molecule has 0 spiro atoms. The van der Waals surface area contributed by atoms with Crippen LogP contribution < -0.4 is 21.8 Å². The number of thioether (sulfide) groups is 1. The molecule has 2 saturated heterocycles. The standard InChI is InChI=1S/C16H30N4O4S/c17-9-5-1-2-6-10-23-24-20-14(21)8-4-3-7-13-15-12(11-25-13)18-16(22)19-15/h12-13,15H,1-11,17H2,(H,20,21)(H2,18,19,22)/t12-,13-,15-/m0/s1. The third-order valence-corrected chi connectivity index (χ3v) is 5.99. The highest BCUT2D eigenvalue weighted by molar-refractivity contribution is 8.00. The number of fused-ring (bicyclic) bond motifs is 1. The summed E-state index contributed by atoms with van der Waals surface area (Å²) in [7, 11) is 0. The lowest BCUT2D eigenvalue weighted by atomic mass is 10.0. The van der Waals surface area contributed by atoms with Gasteiger partial charge in [0.15, 0.2) is 0 Å². The highest BCUT2D eigenvalue weighted by atomic mass is 32.2. The molecule has 0 saturated carbocycles. The van der Waals surface area contributed by atoms with Gasteiger partial charge >= 0.3 is 6.03 Å². The third-order valence-electron chi connectivity index (χ3n) is 4.48. The molecule has 2 aliphatic rings. The lowest BCUT2D eigenvalue weighted by molar-refractivity contribution is -0.329. The summed E-state index contributed by atoms with van der Waals surface area (Å²) in [6, 6.07) is 0.427. The maximum Gasteiger partial charge on any atom is 0.315 e. The van der Waals surface area contributed by atoms with Crippen molar-refractivity contribution in [1.82, 2.24) is 16.1 Å². The average molecular weight is 375 g/mol. The minimum absolute atomic E-state index is 0.0591. The van der Waals surface area contributed by atoms with Gasteiger partial charge in [-0.25, -0.2) is 15.2 Å². The van der Waals surface area contributed by atoms with Crippen molar-refractivity contribution in [3.63, 3.8) is 0 Å². The first-order valence-corrected chi connectivity index (χ1v) is 10.2. The first kappa shape index (κ1) is 20.3. The Morgan fingerprint density at radius 1 is 1.20 bits per heavy atom. The van der Waals surface area contributed by atoms with Crippen LogP contribution in [-0.2, 0) is 14.7 Å². The normalized spacial score (nSPS) is 24.7. The molecule has 2 aliphatic heterocycles. The van der Waals surface area contributed by atoms with Crippen LogP contribution >= 0.6 is 11.8 Å². The number of urea groups is 1. The molecule has 2 rings (SSSR count). The lowest BCUT2D eigenvalue weighted by Crippen LogP contribution is -2.36. The van der Waals surface area contributed by atoms with Crippen LogP contribution in [-0.4, -0.2) is 48.2 Å². The average Bonchev–Trinajstić information content (AvgIpc) is 3.13. The van der Waals surface area contributed by atoms with Crippen molar-refractivity contribution in [2.75, 3.05) is 18.9 Å². The zero-order chi connectivity index (χ0) is 17.9. The van der Waals surface area contributed by atoms with E-state index >= 15 is 0 Å². The van der Waals surface area contributed by atoms with E-state index in [1.165, 1.54) is 0 Å². The lowest BCUT2D eigenvalue weighted by Gasteiger charge is -2.16. The minimum Gasteiger partial charge on any atom is -0.332 e. The van der Waals surface area contributed by atoms with Crippen molar-refractivity contribution >= 4 is 23.7 Å². The summed E-state index contributed by atoms with van der Waals surface area (Å²) < 4.78 is 0. The maximum absolute atomic E-state index is 11.6. The minimum atomic E-state index is -0.170. The number of hydrogen-bond acceptors (Lipinski definition) is 6. The van der Waals surface area contributed by atoms with E-state index < -0.39 is 0 Å². The number of nitrogens with one attached hydrogen (secondary N) is 3. The van der Waals surface area contributed by atoms with Crippen molar-refractivity contribution < 1.29 is 19.5 Å². The van der Waals surface area contributed by atoms with Crippen molar-refractivity contribution in [3.8, 4) is 0 Å². The molecule has 0 aromatic heterocycles. The van der Waals surface area contributed by atoms with Gasteiger partial charge in [0, 0.05) is 17.4 Å². The van der Waals surface area contributed by atoms with Crippen LogP contribution in [0.5, 0.6) is 0 Å². The Kier molecular flexibility index (Phi) is 9.38. The number of hydroxylamine groups is 1. The van der Waals surface area contributed by atoms with E-state index in [-0.39, 0.29) is 24.0 Å². The molecule has 144 valence electrons. The zero-order valence-corrected chi connectivity index (χ0v) is 15.4. The fourth-order valence-electron chi connectivity index (χ4n) is 3.10. The third kappa shape index (κ3) is 7.39. The molecule has 2 heterocycles. The molecule has 0 aliphatic carbocycles. The fourth-order valence-corrected chi connectivity index (χ4v) is 4.65. The number of carbonyl (C=O) groups is 2. The molecule has 0 aromatic rings. The van der Waals surface area contributed by atoms with Crippen molar-refractivity contribution in [3.05, 3.63) is 0 Å². The van der Waals surface area contributed by atoms with Gasteiger partial charge in [0.05, 0.1) is 18.7 Å². The van der Waals surface area contributed by atoms with E-state index in [4.69, 9.17) is 15.6 Å². The van der Waals surface area contributed by atoms with Crippen LogP contribution in [0.2, 0.25) is 0 Å². The molecule has 0 unspecified atom stereocenters. The van der Waals surface area contributed by atoms with Gasteiger partial charge in [-0.1, -0.05) is 19.3 Å². The van der Waals surface area contributed by atoms with E-state index in [0.717, 1.165) is 57.2 Å². The van der Waals surface area contributed by atoms with Gasteiger partial charge in [0.25, 0.3) is 0 Å². The molecule has 8 nitrogen and oxygen atoms in total. The second kappa shape index (κ2) is 11.6. The van der Waals surface area contributed by atoms with Crippen LogP contribution in [0.3, 0.4) is 0 Å². The quantitative estimate of drug-likeness (QED) is 0.167. The molecular formula is C16H30N4O4S. The summed E-state index contributed by atoms with van der Waals surface area (Å²) in [4.78, 5) is 32.6. The van der Waals surface area contributed by atoms with E-state index in [0.29, 0.717) is 18.3 Å². The van der Waals surface area contributed by atoms with Gasteiger partial charge in [-0.2, -0.15) is 11.8 Å². The molecular weight excluding hydrogens is 344 g/mol. The number of hydrogen-bond donors (Lipinski definition) is 4. The first-order valence-electron chi connectivity index (χ1n) is 9.16. The highest BCUT2D eigenvalue weighted by Crippen LogP contribution is 2.33. The van der Waals surface area contributed by atoms with Crippen LogP contribution in [0.25, 0.3) is 0 Å². The van der Waals surface area contributed by atoms with Gasteiger partial charge in [0.1, 0.15) is 0 Å². The molecule has 3 atom stereocenters. The van der Waals surface area contributed by atoms with Gasteiger partial charge in [-0.15, -0.1) is 4.99 Å². The molecule has 3 amide bonds. The summed E-state index contributed by atoms with van der Waals surface area (Å²) in [5.41, 5.74) is 7.72. The predicted octanol–water partition coefficient (Wildman–Crippen LogP) is 1.21. The Morgan fingerprint density at radius 3 is 2.88 bits per heavy atom. The molecule has 5 N–H and O–H groups in total. The van der Waals surface area contributed by atoms with Gasteiger partial charge in [-0.3, -0.25) is 4.79 Å². The van der Waals surface area contributed by atoms with Crippen molar-refractivity contribution in [2.45, 2.75) is 68.7 Å². The smallest absolute Gasteiger partial charge is 0.315 e. The Bertz CT molecular complexity index is 427. The topological polar surface area (TPSA) is 115 Å². The number of rotatable bonds is 13. The Balaban J connectivity index is 1.41. The molecule has 0 aromatic carbocycles. The summed E-state index contributed by atoms with van der Waals surface area (Å²) in [6.45, 7) is 1.19. The van der Waals surface area contributed by atoms with E-state index in [1.54, 1.807) is 0 Å². The van der Waals surface area contributed by atoms with Crippen LogP contribution in [0.15, 0.2) is 0 Å². The largest absolute Gasteiger partial charge is 0.332 e. The summed E-state index contributed by atoms with van der Waals surface area (Å²) in [6.07, 6.45) is 7.22. The Labute approximate surface area is 153 Å². The molecule has 0 bridgehead atoms. The predicted molar refractivity (Wildman–Crippen MR) is 96.7 cm³/mol. The second-order valence-corrected chi connectivity index (χ2v) is 7.77. The van der Waals surface area contributed by atoms with Crippen molar-refractivity contribution in [1.29, 1.82) is 0 Å². The maximum atomic E-state index is 11.6.